The summed E-state index contributed by atoms with van der Waals surface area (Å²) in [7, 11) is 0. The van der Waals surface area contributed by atoms with Gasteiger partial charge >= 0.3 is 5.97 Å². The third kappa shape index (κ3) is 8.57. The number of esters is 1. The van der Waals surface area contributed by atoms with Crippen LogP contribution in [0.15, 0.2) is 108 Å². The van der Waals surface area contributed by atoms with E-state index in [-0.39, 0.29) is 12.5 Å². The summed E-state index contributed by atoms with van der Waals surface area (Å²) in [5.41, 5.74) is 5.77. The molecule has 39 heavy (non-hydrogen) atoms. The zero-order valence-corrected chi connectivity index (χ0v) is 21.7. The van der Waals surface area contributed by atoms with Crippen LogP contribution in [0.4, 0.5) is 0 Å². The molecule has 1 N–H and O–H groups in total. The Bertz CT molecular complexity index is 1370. The summed E-state index contributed by atoms with van der Waals surface area (Å²) in [6.07, 6.45) is 3.54. The molecule has 0 aliphatic rings. The van der Waals surface area contributed by atoms with E-state index in [0.717, 1.165) is 35.3 Å². The minimum absolute atomic E-state index is 0.164. The number of carbonyl (C=O) groups is 2. The number of benzene rings is 4. The second-order valence-corrected chi connectivity index (χ2v) is 8.66. The van der Waals surface area contributed by atoms with Crippen molar-refractivity contribution < 1.29 is 23.8 Å². The van der Waals surface area contributed by atoms with Gasteiger partial charge in [0.15, 0.2) is 6.61 Å². The highest BCUT2D eigenvalue weighted by Crippen LogP contribution is 2.22. The van der Waals surface area contributed by atoms with Crippen LogP contribution in [0.2, 0.25) is 0 Å². The summed E-state index contributed by atoms with van der Waals surface area (Å²) in [6.45, 7) is 2.59. The maximum absolute atomic E-state index is 12.4. The first-order valence-corrected chi connectivity index (χ1v) is 12.8. The van der Waals surface area contributed by atoms with Gasteiger partial charge in [-0.15, -0.1) is 0 Å². The second kappa shape index (κ2) is 14.1. The van der Waals surface area contributed by atoms with Gasteiger partial charge in [0, 0.05) is 0 Å². The third-order valence-electron chi connectivity index (χ3n) is 5.68. The summed E-state index contributed by atoms with van der Waals surface area (Å²) >= 11 is 0. The average molecular weight is 523 g/mol. The summed E-state index contributed by atoms with van der Waals surface area (Å²) in [4.78, 5) is 24.5. The van der Waals surface area contributed by atoms with Gasteiger partial charge in [-0.25, -0.2) is 10.2 Å². The molecule has 0 fully saturated rings. The van der Waals surface area contributed by atoms with Crippen molar-refractivity contribution in [3.8, 4) is 28.4 Å². The van der Waals surface area contributed by atoms with Crippen LogP contribution >= 0.6 is 0 Å². The van der Waals surface area contributed by atoms with Gasteiger partial charge in [0.25, 0.3) is 5.91 Å². The summed E-state index contributed by atoms with van der Waals surface area (Å²) in [5.74, 6) is 0.871. The molecule has 0 saturated carbocycles. The molecular formula is C32H30N2O5. The third-order valence-corrected chi connectivity index (χ3v) is 5.68. The zero-order valence-electron chi connectivity index (χ0n) is 21.7. The normalized spacial score (nSPS) is 10.7. The predicted octanol–water partition coefficient (Wildman–Crippen LogP) is 6.28. The van der Waals surface area contributed by atoms with Gasteiger partial charge < -0.3 is 14.2 Å². The zero-order chi connectivity index (χ0) is 27.3. The number of rotatable bonds is 12. The van der Waals surface area contributed by atoms with Crippen LogP contribution in [-0.2, 0) is 4.79 Å². The first kappa shape index (κ1) is 27.1. The Kier molecular flexibility index (Phi) is 9.84. The summed E-state index contributed by atoms with van der Waals surface area (Å²) in [5, 5.41) is 3.96. The van der Waals surface area contributed by atoms with Gasteiger partial charge in [0.1, 0.15) is 17.2 Å². The van der Waals surface area contributed by atoms with Crippen molar-refractivity contribution in [2.45, 2.75) is 19.8 Å². The topological polar surface area (TPSA) is 86.2 Å². The number of ether oxygens (including phenoxy) is 3. The number of unbranched alkanes of at least 4 members (excludes halogenated alkanes) is 1. The van der Waals surface area contributed by atoms with Crippen molar-refractivity contribution in [2.24, 2.45) is 5.10 Å². The Labute approximate surface area is 228 Å². The number of nitrogens with zero attached hydrogens (tertiary/aromatic N) is 1. The van der Waals surface area contributed by atoms with Crippen LogP contribution in [0.5, 0.6) is 17.2 Å². The molecule has 7 heteroatoms. The molecule has 4 rings (SSSR count). The van der Waals surface area contributed by atoms with E-state index in [1.807, 2.05) is 54.6 Å². The number of nitrogens with one attached hydrogen (secondary N) is 1. The van der Waals surface area contributed by atoms with E-state index in [1.165, 1.54) is 6.21 Å². The standard InChI is InChI=1S/C32H30N2O5/c1-2-3-21-37-28-19-13-27(14-20-28)32(36)39-30-15-9-24(10-16-30)22-33-34-31(35)23-38-29-17-11-26(12-18-29)25-7-5-4-6-8-25/h4-20,22H,2-3,21,23H2,1H3,(H,34,35)/b33-22-. The maximum atomic E-state index is 12.4. The molecule has 0 aliphatic heterocycles. The number of amides is 1. The molecule has 0 bridgehead atoms. The highest BCUT2D eigenvalue weighted by atomic mass is 16.5. The number of hydrazone groups is 1. The van der Waals surface area contributed by atoms with Crippen LogP contribution in [0, 0.1) is 0 Å². The minimum Gasteiger partial charge on any atom is -0.494 e. The van der Waals surface area contributed by atoms with Crippen LogP contribution in [0.1, 0.15) is 35.7 Å². The SMILES string of the molecule is CCCCOc1ccc(C(=O)Oc2ccc(/C=N\NC(=O)COc3ccc(-c4ccccc4)cc3)cc2)cc1. The van der Waals surface area contributed by atoms with Crippen LogP contribution in [0.3, 0.4) is 0 Å². The van der Waals surface area contributed by atoms with Gasteiger partial charge in [-0.2, -0.15) is 5.10 Å². The Morgan fingerprint density at radius 1 is 0.744 bits per heavy atom. The predicted molar refractivity (Wildman–Crippen MR) is 151 cm³/mol. The monoisotopic (exact) mass is 522 g/mol. The molecule has 0 aromatic heterocycles. The molecule has 198 valence electrons. The van der Waals surface area contributed by atoms with E-state index in [4.69, 9.17) is 14.2 Å². The van der Waals surface area contributed by atoms with Crippen LogP contribution in [-0.4, -0.2) is 31.3 Å². The van der Waals surface area contributed by atoms with Crippen LogP contribution < -0.4 is 19.6 Å². The molecule has 4 aromatic carbocycles. The molecular weight excluding hydrogens is 492 g/mol. The first-order valence-electron chi connectivity index (χ1n) is 12.8. The molecule has 0 heterocycles. The minimum atomic E-state index is -0.460. The smallest absolute Gasteiger partial charge is 0.343 e. The molecule has 7 nitrogen and oxygen atoms in total. The molecule has 0 aliphatic carbocycles. The number of hydrogen-bond acceptors (Lipinski definition) is 6. The van der Waals surface area contributed by atoms with E-state index in [0.29, 0.717) is 23.7 Å². The lowest BCUT2D eigenvalue weighted by atomic mass is 10.1. The Balaban J connectivity index is 1.19. The van der Waals surface area contributed by atoms with Crippen molar-refractivity contribution in [3.05, 3.63) is 114 Å². The van der Waals surface area contributed by atoms with Crippen molar-refractivity contribution >= 4 is 18.1 Å². The van der Waals surface area contributed by atoms with Crippen molar-refractivity contribution in [2.75, 3.05) is 13.2 Å². The molecule has 1 amide bonds. The number of hydrogen-bond donors (Lipinski definition) is 1. The number of carbonyl (C=O) groups excluding carboxylic acids is 2. The van der Waals surface area contributed by atoms with E-state index in [1.54, 1.807) is 48.5 Å². The fourth-order valence-electron chi connectivity index (χ4n) is 3.54. The largest absolute Gasteiger partial charge is 0.494 e. The van der Waals surface area contributed by atoms with Gasteiger partial charge in [-0.05, 0) is 83.8 Å². The highest BCUT2D eigenvalue weighted by molar-refractivity contribution is 5.91. The lowest BCUT2D eigenvalue weighted by Crippen LogP contribution is -2.24. The fraction of sp³-hybridized carbons (Fsp3) is 0.156. The van der Waals surface area contributed by atoms with Crippen molar-refractivity contribution in [1.29, 1.82) is 0 Å². The maximum Gasteiger partial charge on any atom is 0.343 e. The van der Waals surface area contributed by atoms with E-state index >= 15 is 0 Å². The first-order chi connectivity index (χ1) is 19.1. The van der Waals surface area contributed by atoms with Gasteiger partial charge in [-0.1, -0.05) is 55.8 Å². The molecule has 0 saturated heterocycles. The van der Waals surface area contributed by atoms with E-state index in [2.05, 4.69) is 17.5 Å². The quantitative estimate of drug-likeness (QED) is 0.0778. The fourth-order valence-corrected chi connectivity index (χ4v) is 3.54. The highest BCUT2D eigenvalue weighted by Gasteiger charge is 2.09. The Hall–Kier alpha value is -4.91. The Morgan fingerprint density at radius 2 is 1.36 bits per heavy atom. The van der Waals surface area contributed by atoms with Gasteiger partial charge in [0.05, 0.1) is 18.4 Å². The lowest BCUT2D eigenvalue weighted by Gasteiger charge is -2.07. The van der Waals surface area contributed by atoms with Crippen molar-refractivity contribution in [1.82, 2.24) is 5.43 Å². The van der Waals surface area contributed by atoms with Crippen molar-refractivity contribution in [3.63, 3.8) is 0 Å². The molecule has 4 aromatic rings. The molecule has 0 spiro atoms. The molecule has 0 atom stereocenters. The second-order valence-electron chi connectivity index (χ2n) is 8.66. The lowest BCUT2D eigenvalue weighted by molar-refractivity contribution is -0.123. The Morgan fingerprint density at radius 3 is 2.05 bits per heavy atom. The summed E-state index contributed by atoms with van der Waals surface area (Å²) in [6, 6.07) is 31.2. The average Bonchev–Trinajstić information content (AvgIpc) is 2.98. The van der Waals surface area contributed by atoms with E-state index in [9.17, 15) is 9.59 Å². The van der Waals surface area contributed by atoms with Gasteiger partial charge in [-0.3, -0.25) is 4.79 Å². The molecule has 0 unspecified atom stereocenters. The molecule has 0 radical (unpaired) electrons. The van der Waals surface area contributed by atoms with E-state index < -0.39 is 5.97 Å². The van der Waals surface area contributed by atoms with Crippen LogP contribution in [0.25, 0.3) is 11.1 Å². The van der Waals surface area contributed by atoms with Gasteiger partial charge in [0.2, 0.25) is 0 Å². The summed E-state index contributed by atoms with van der Waals surface area (Å²) < 4.78 is 16.6.